The molecule has 1 aliphatic heterocycles. The van der Waals surface area contributed by atoms with Crippen molar-refractivity contribution in [1.82, 2.24) is 25.0 Å². The summed E-state index contributed by atoms with van der Waals surface area (Å²) in [7, 11) is 1.91. The molecule has 12 nitrogen and oxygen atoms in total. The Morgan fingerprint density at radius 1 is 1.27 bits per heavy atom. The fourth-order valence-corrected chi connectivity index (χ4v) is 3.51. The van der Waals surface area contributed by atoms with Crippen LogP contribution in [-0.2, 0) is 11.2 Å². The highest BCUT2D eigenvalue weighted by Gasteiger charge is 2.28. The minimum Gasteiger partial charge on any atom is -0.449 e. The van der Waals surface area contributed by atoms with Gasteiger partial charge in [0.25, 0.3) is 5.91 Å². The second-order valence-corrected chi connectivity index (χ2v) is 7.43. The molecule has 3 N–H and O–H groups in total. The standard InChI is InChI=1S/C21H25N9O3/c1-3-23-21-24-12-17-18(25-21)28(2)8-9-29(19(17)31)15-5-4-6-16(11-15)30-13-14(26-27-30)7-10-33-20(22)32/h4-6,11-13H,3,7-10H2,1-2H3,(H2,22,32)(H,23,24,25). The van der Waals surface area contributed by atoms with Gasteiger partial charge in [-0.2, -0.15) is 4.98 Å². The summed E-state index contributed by atoms with van der Waals surface area (Å²) in [5.74, 6) is 0.927. The Kier molecular flexibility index (Phi) is 6.33. The Morgan fingerprint density at radius 2 is 2.09 bits per heavy atom. The summed E-state index contributed by atoms with van der Waals surface area (Å²) in [5, 5.41) is 11.3. The van der Waals surface area contributed by atoms with Crippen LogP contribution in [0.3, 0.4) is 0 Å². The molecular weight excluding hydrogens is 426 g/mol. The number of amides is 2. The Hall–Kier alpha value is -4.22. The van der Waals surface area contributed by atoms with Crippen LogP contribution in [0.2, 0.25) is 0 Å². The first-order chi connectivity index (χ1) is 16.0. The lowest BCUT2D eigenvalue weighted by molar-refractivity contribution is 0.0989. The average Bonchev–Trinajstić information content (AvgIpc) is 3.23. The average molecular weight is 451 g/mol. The SMILES string of the molecule is CCNc1ncc2c(n1)N(C)CCN(c1cccc(-n3cc(CCOC(N)=O)nn3)c1)C2=O. The summed E-state index contributed by atoms with van der Waals surface area (Å²) in [6.07, 6.45) is 2.88. The first kappa shape index (κ1) is 22.0. The summed E-state index contributed by atoms with van der Waals surface area (Å²) >= 11 is 0. The lowest BCUT2D eigenvalue weighted by atomic mass is 10.2. The van der Waals surface area contributed by atoms with Gasteiger partial charge in [0, 0.05) is 45.0 Å². The lowest BCUT2D eigenvalue weighted by Gasteiger charge is -2.21. The van der Waals surface area contributed by atoms with E-state index in [1.165, 1.54) is 0 Å². The lowest BCUT2D eigenvalue weighted by Crippen LogP contribution is -2.33. The van der Waals surface area contributed by atoms with Gasteiger partial charge in [-0.05, 0) is 25.1 Å². The number of carbonyl (C=O) groups is 2. The Labute approximate surface area is 190 Å². The zero-order chi connectivity index (χ0) is 23.4. The van der Waals surface area contributed by atoms with E-state index in [2.05, 4.69) is 25.6 Å². The number of ether oxygens (including phenoxy) is 1. The van der Waals surface area contributed by atoms with Crippen LogP contribution in [0.15, 0.2) is 36.7 Å². The van der Waals surface area contributed by atoms with Crippen molar-refractivity contribution >= 4 is 29.5 Å². The van der Waals surface area contributed by atoms with Crippen molar-refractivity contribution in [2.24, 2.45) is 5.73 Å². The molecule has 0 saturated heterocycles. The second kappa shape index (κ2) is 9.51. The van der Waals surface area contributed by atoms with Crippen molar-refractivity contribution < 1.29 is 14.3 Å². The largest absolute Gasteiger partial charge is 0.449 e. The van der Waals surface area contributed by atoms with Gasteiger partial charge < -0.3 is 25.6 Å². The zero-order valence-electron chi connectivity index (χ0n) is 18.4. The molecule has 12 heteroatoms. The van der Waals surface area contributed by atoms with Gasteiger partial charge in [-0.3, -0.25) is 4.79 Å². The van der Waals surface area contributed by atoms with Gasteiger partial charge in [0.1, 0.15) is 11.4 Å². The van der Waals surface area contributed by atoms with E-state index in [1.54, 1.807) is 22.0 Å². The molecule has 3 aromatic rings. The third-order valence-corrected chi connectivity index (χ3v) is 5.15. The van der Waals surface area contributed by atoms with E-state index in [4.69, 9.17) is 10.5 Å². The number of anilines is 3. The van der Waals surface area contributed by atoms with E-state index in [0.29, 0.717) is 49.1 Å². The monoisotopic (exact) mass is 451 g/mol. The first-order valence-electron chi connectivity index (χ1n) is 10.5. The fraction of sp³-hybridized carbons (Fsp3) is 0.333. The van der Waals surface area contributed by atoms with Crippen LogP contribution in [-0.4, -0.2) is 70.3 Å². The van der Waals surface area contributed by atoms with Crippen molar-refractivity contribution in [2.45, 2.75) is 13.3 Å². The van der Waals surface area contributed by atoms with Gasteiger partial charge in [-0.1, -0.05) is 11.3 Å². The molecule has 2 aromatic heterocycles. The van der Waals surface area contributed by atoms with Crippen molar-refractivity contribution in [2.75, 3.05) is 48.4 Å². The normalized spacial score (nSPS) is 13.5. The van der Waals surface area contributed by atoms with Gasteiger partial charge in [0.15, 0.2) is 0 Å². The number of nitrogens with zero attached hydrogens (tertiary/aromatic N) is 7. The van der Waals surface area contributed by atoms with E-state index in [9.17, 15) is 9.59 Å². The smallest absolute Gasteiger partial charge is 0.404 e. The summed E-state index contributed by atoms with van der Waals surface area (Å²) < 4.78 is 6.35. The number of nitrogens with one attached hydrogen (secondary N) is 1. The number of rotatable bonds is 7. The Bertz CT molecular complexity index is 1160. The second-order valence-electron chi connectivity index (χ2n) is 7.43. The minimum absolute atomic E-state index is 0.126. The van der Waals surface area contributed by atoms with E-state index < -0.39 is 6.09 Å². The molecule has 172 valence electrons. The Morgan fingerprint density at radius 3 is 2.88 bits per heavy atom. The molecule has 0 atom stereocenters. The molecule has 2 amide bonds. The van der Waals surface area contributed by atoms with Gasteiger partial charge in [0.05, 0.1) is 24.2 Å². The topological polar surface area (TPSA) is 144 Å². The molecule has 0 aliphatic carbocycles. The number of fused-ring (bicyclic) bond motifs is 1. The molecule has 0 unspecified atom stereocenters. The van der Waals surface area contributed by atoms with E-state index in [0.717, 1.165) is 11.4 Å². The molecule has 1 aliphatic rings. The highest BCUT2D eigenvalue weighted by Crippen LogP contribution is 2.27. The van der Waals surface area contributed by atoms with Gasteiger partial charge in [0.2, 0.25) is 5.95 Å². The minimum atomic E-state index is -0.826. The van der Waals surface area contributed by atoms with E-state index >= 15 is 0 Å². The highest BCUT2D eigenvalue weighted by molar-refractivity contribution is 6.09. The molecular formula is C21H25N9O3. The highest BCUT2D eigenvalue weighted by atomic mass is 16.5. The maximum absolute atomic E-state index is 13.4. The van der Waals surface area contributed by atoms with Crippen molar-refractivity contribution in [1.29, 1.82) is 0 Å². The molecule has 0 bridgehead atoms. The molecule has 4 rings (SSSR count). The van der Waals surface area contributed by atoms with Crippen molar-refractivity contribution in [3.63, 3.8) is 0 Å². The number of hydrogen-bond acceptors (Lipinski definition) is 9. The van der Waals surface area contributed by atoms with Gasteiger partial charge >= 0.3 is 6.09 Å². The van der Waals surface area contributed by atoms with Crippen LogP contribution in [0.4, 0.5) is 22.2 Å². The summed E-state index contributed by atoms with van der Waals surface area (Å²) in [6.45, 7) is 3.88. The predicted octanol–water partition coefficient (Wildman–Crippen LogP) is 1.22. The molecule has 33 heavy (non-hydrogen) atoms. The third-order valence-electron chi connectivity index (χ3n) is 5.15. The van der Waals surface area contributed by atoms with Crippen molar-refractivity contribution in [3.05, 3.63) is 47.9 Å². The maximum atomic E-state index is 13.4. The zero-order valence-corrected chi connectivity index (χ0v) is 18.4. The van der Waals surface area contributed by atoms with Crippen LogP contribution in [0, 0.1) is 0 Å². The van der Waals surface area contributed by atoms with Gasteiger partial charge in [-0.15, -0.1) is 5.10 Å². The van der Waals surface area contributed by atoms with Crippen LogP contribution >= 0.6 is 0 Å². The van der Waals surface area contributed by atoms with Crippen LogP contribution < -0.4 is 20.9 Å². The van der Waals surface area contributed by atoms with Crippen LogP contribution in [0.5, 0.6) is 0 Å². The number of primary amides is 1. The van der Waals surface area contributed by atoms with Gasteiger partial charge in [-0.25, -0.2) is 14.5 Å². The van der Waals surface area contributed by atoms with Crippen LogP contribution in [0.1, 0.15) is 23.0 Å². The van der Waals surface area contributed by atoms with E-state index in [-0.39, 0.29) is 12.5 Å². The molecule has 1 aromatic carbocycles. The number of nitrogens with two attached hydrogens (primary N) is 1. The summed E-state index contributed by atoms with van der Waals surface area (Å²) in [6, 6.07) is 7.47. The molecule has 0 saturated carbocycles. The number of carbonyl (C=O) groups excluding carboxylic acids is 2. The van der Waals surface area contributed by atoms with E-state index in [1.807, 2.05) is 43.1 Å². The quantitative estimate of drug-likeness (QED) is 0.542. The van der Waals surface area contributed by atoms with Crippen LogP contribution in [0.25, 0.3) is 5.69 Å². The molecule has 0 spiro atoms. The number of aromatic nitrogens is 5. The summed E-state index contributed by atoms with van der Waals surface area (Å²) in [5.41, 5.74) is 7.53. The molecule has 0 fully saturated rings. The molecule has 0 radical (unpaired) electrons. The first-order valence-corrected chi connectivity index (χ1v) is 10.5. The Balaban J connectivity index is 1.57. The fourth-order valence-electron chi connectivity index (χ4n) is 3.51. The number of benzene rings is 1. The third kappa shape index (κ3) is 4.84. The van der Waals surface area contributed by atoms with Crippen molar-refractivity contribution in [3.8, 4) is 5.69 Å². The molecule has 3 heterocycles. The number of likely N-dealkylation sites (N-methyl/N-ethyl adjacent to an activating group) is 1. The number of hydrogen-bond donors (Lipinski definition) is 2. The maximum Gasteiger partial charge on any atom is 0.404 e. The predicted molar refractivity (Wildman–Crippen MR) is 122 cm³/mol. The summed E-state index contributed by atoms with van der Waals surface area (Å²) in [4.78, 5) is 36.6.